The topological polar surface area (TPSA) is 13.0 Å². The molecule has 0 N–H and O–H groups in total. The van der Waals surface area contributed by atoms with E-state index in [4.69, 9.17) is 0 Å². The van der Waals surface area contributed by atoms with E-state index in [0.29, 0.717) is 0 Å². The summed E-state index contributed by atoms with van der Waals surface area (Å²) < 4.78 is 0. The van der Waals surface area contributed by atoms with E-state index in [-0.39, 0.29) is 0 Å². The molecule has 0 amide bonds. The molecule has 0 saturated heterocycles. The van der Waals surface area contributed by atoms with Crippen molar-refractivity contribution < 1.29 is 0 Å². The zero-order chi connectivity index (χ0) is 59.5. The molecule has 4 nitrogen and oxygen atoms in total. The fourth-order valence-corrected chi connectivity index (χ4v) is 12.3. The van der Waals surface area contributed by atoms with Crippen LogP contribution in [-0.2, 0) is 0 Å². The van der Waals surface area contributed by atoms with Gasteiger partial charge >= 0.3 is 0 Å². The molecule has 0 bridgehead atoms. The zero-order valence-corrected chi connectivity index (χ0v) is 50.0. The van der Waals surface area contributed by atoms with Crippen LogP contribution in [0.25, 0.3) is 54.9 Å². The van der Waals surface area contributed by atoms with E-state index < -0.39 is 0 Å². The quantitative estimate of drug-likeness (QED) is 0.101. The highest BCUT2D eigenvalue weighted by atomic mass is 15.2. The maximum absolute atomic E-state index is 2.39. The summed E-state index contributed by atoms with van der Waals surface area (Å²) >= 11 is 0. The smallest absolute Gasteiger partial charge is 0.0540 e. The van der Waals surface area contributed by atoms with Crippen molar-refractivity contribution in [2.45, 2.75) is 27.7 Å². The lowest BCUT2D eigenvalue weighted by molar-refractivity contribution is 1.25. The lowest BCUT2D eigenvalue weighted by Crippen LogP contribution is -2.11. The minimum Gasteiger partial charge on any atom is -0.310 e. The third-order valence-corrected chi connectivity index (χ3v) is 17.3. The molecule has 0 radical (unpaired) electrons. The van der Waals surface area contributed by atoms with Gasteiger partial charge < -0.3 is 19.6 Å². The van der Waals surface area contributed by atoms with Crippen molar-refractivity contribution in [1.29, 1.82) is 0 Å². The number of aryl methyl sites for hydroxylation is 4. The van der Waals surface area contributed by atoms with Gasteiger partial charge in [-0.05, 0) is 228 Å². The second kappa shape index (κ2) is 24.0. The van der Waals surface area contributed by atoms with Gasteiger partial charge in [0, 0.05) is 67.6 Å². The Morgan fingerprint density at radius 2 is 0.409 bits per heavy atom. The largest absolute Gasteiger partial charge is 0.310 e. The van der Waals surface area contributed by atoms with E-state index in [9.17, 15) is 0 Å². The molecule has 0 fully saturated rings. The molecule has 88 heavy (non-hydrogen) atoms. The van der Waals surface area contributed by atoms with Crippen molar-refractivity contribution in [2.75, 3.05) is 19.6 Å². The van der Waals surface area contributed by atoms with Crippen molar-refractivity contribution in [2.24, 2.45) is 0 Å². The predicted molar refractivity (Wildman–Crippen MR) is 375 cm³/mol. The highest BCUT2D eigenvalue weighted by molar-refractivity contribution is 6.01. The lowest BCUT2D eigenvalue weighted by atomic mass is 10.0. The third-order valence-electron chi connectivity index (χ3n) is 17.3. The Hall–Kier alpha value is -11.2. The molecule has 0 aliphatic carbocycles. The molecule has 14 aromatic rings. The maximum atomic E-state index is 2.39. The molecule has 0 aliphatic heterocycles. The molecule has 0 spiro atoms. The summed E-state index contributed by atoms with van der Waals surface area (Å²) in [5.74, 6) is 0. The van der Waals surface area contributed by atoms with Gasteiger partial charge in [-0.1, -0.05) is 194 Å². The second-order valence-corrected chi connectivity index (χ2v) is 22.8. The molecule has 0 unspecified atom stereocenters. The minimum atomic E-state index is 1.08. The van der Waals surface area contributed by atoms with Gasteiger partial charge in [0.2, 0.25) is 0 Å². The van der Waals surface area contributed by atoms with Crippen LogP contribution in [-0.4, -0.2) is 0 Å². The molecule has 4 heteroatoms. The van der Waals surface area contributed by atoms with Crippen LogP contribution in [0.4, 0.5) is 68.2 Å². The standard InChI is InChI=1S/C84H66N4/c1-59-29-43-79(57-61(59)3)85(71-21-7-5-8-22-71)73-45-31-63(32-46-73)65-35-49-75(50-36-65)87(83-27-15-19-69-17-11-13-25-81(69)83)77-53-39-67(40-54-77)68-41-55-78(56-42-68)88(84-28-16-20-70-18-12-14-26-82(70)84)76-51-37-66(38-52-76)64-33-47-74(48-34-64)86(72-23-9-6-10-24-72)80-44-30-60(2)62(4)58-80/h5-58H,1-4H3. The van der Waals surface area contributed by atoms with Gasteiger partial charge in [-0.25, -0.2) is 0 Å². The normalized spacial score (nSPS) is 11.2. The van der Waals surface area contributed by atoms with Gasteiger partial charge in [0.25, 0.3) is 0 Å². The molecule has 0 atom stereocenters. The van der Waals surface area contributed by atoms with Crippen LogP contribution in [0.5, 0.6) is 0 Å². The minimum absolute atomic E-state index is 1.08. The second-order valence-electron chi connectivity index (χ2n) is 22.8. The molecule has 0 saturated carbocycles. The lowest BCUT2D eigenvalue weighted by Gasteiger charge is -2.28. The number of para-hydroxylation sites is 2. The summed E-state index contributed by atoms with van der Waals surface area (Å²) in [6, 6.07) is 119. The monoisotopic (exact) mass is 1130 g/mol. The van der Waals surface area contributed by atoms with E-state index in [1.54, 1.807) is 0 Å². The molecule has 422 valence electrons. The van der Waals surface area contributed by atoms with Crippen LogP contribution < -0.4 is 19.6 Å². The SMILES string of the molecule is Cc1ccc(N(c2ccccc2)c2ccc(-c3ccc(N(c4ccc(-c5ccc(N(c6ccc(-c7ccc(N(c8ccccc8)c8ccc(C)c(C)c8)cc7)cc6)c6cccc7ccccc67)cc5)cc4)c4cccc5ccccc45)cc3)cc2)cc1C. The van der Waals surface area contributed by atoms with Gasteiger partial charge in [0.1, 0.15) is 0 Å². The molecule has 14 rings (SSSR count). The number of nitrogens with zero attached hydrogens (tertiary/aromatic N) is 4. The first-order valence-electron chi connectivity index (χ1n) is 30.3. The van der Waals surface area contributed by atoms with Gasteiger partial charge in [-0.3, -0.25) is 0 Å². The van der Waals surface area contributed by atoms with Gasteiger partial charge in [-0.2, -0.15) is 0 Å². The van der Waals surface area contributed by atoms with Crippen LogP contribution in [0.2, 0.25) is 0 Å². The first-order valence-corrected chi connectivity index (χ1v) is 30.3. The predicted octanol–water partition coefficient (Wildman–Crippen LogP) is 24.1. The molecular formula is C84H66N4. The number of benzene rings is 14. The Morgan fingerprint density at radius 1 is 0.170 bits per heavy atom. The maximum Gasteiger partial charge on any atom is 0.0540 e. The van der Waals surface area contributed by atoms with Crippen LogP contribution in [0.1, 0.15) is 22.3 Å². The first kappa shape index (κ1) is 54.7. The van der Waals surface area contributed by atoms with Crippen LogP contribution in [0, 0.1) is 27.7 Å². The number of fused-ring (bicyclic) bond motifs is 2. The fraction of sp³-hybridized carbons (Fsp3) is 0.0476. The Kier molecular flexibility index (Phi) is 15.0. The zero-order valence-electron chi connectivity index (χ0n) is 50.0. The Balaban J connectivity index is 0.751. The Bertz CT molecular complexity index is 4420. The summed E-state index contributed by atoms with van der Waals surface area (Å²) in [5, 5.41) is 4.77. The molecule has 0 heterocycles. The Labute approximate surface area is 517 Å². The summed E-state index contributed by atoms with van der Waals surface area (Å²) in [5.41, 5.74) is 25.3. The first-order chi connectivity index (χ1) is 43.3. The van der Waals surface area contributed by atoms with E-state index in [1.165, 1.54) is 43.8 Å². The van der Waals surface area contributed by atoms with Gasteiger partial charge in [0.15, 0.2) is 0 Å². The fourth-order valence-electron chi connectivity index (χ4n) is 12.3. The summed E-state index contributed by atoms with van der Waals surface area (Å²) in [6.07, 6.45) is 0. The van der Waals surface area contributed by atoms with Crippen molar-refractivity contribution in [3.63, 3.8) is 0 Å². The van der Waals surface area contributed by atoms with Crippen LogP contribution in [0.3, 0.4) is 0 Å². The van der Waals surface area contributed by atoms with Gasteiger partial charge in [0.05, 0.1) is 11.4 Å². The van der Waals surface area contributed by atoms with E-state index in [2.05, 4.69) is 375 Å². The number of hydrogen-bond donors (Lipinski definition) is 0. The van der Waals surface area contributed by atoms with E-state index >= 15 is 0 Å². The molecule has 0 aromatic heterocycles. The molecule has 0 aliphatic rings. The highest BCUT2D eigenvalue weighted by Gasteiger charge is 2.20. The van der Waals surface area contributed by atoms with Gasteiger partial charge in [-0.15, -0.1) is 0 Å². The number of anilines is 12. The van der Waals surface area contributed by atoms with Crippen molar-refractivity contribution in [3.05, 3.63) is 350 Å². The van der Waals surface area contributed by atoms with Crippen LogP contribution >= 0.6 is 0 Å². The summed E-state index contributed by atoms with van der Waals surface area (Å²) in [6.45, 7) is 8.70. The number of hydrogen-bond acceptors (Lipinski definition) is 4. The average Bonchev–Trinajstić information content (AvgIpc) is 3.15. The summed E-state index contributed by atoms with van der Waals surface area (Å²) in [4.78, 5) is 9.44. The molecular weight excluding hydrogens is 1060 g/mol. The average molecular weight is 1130 g/mol. The van der Waals surface area contributed by atoms with Crippen molar-refractivity contribution in [3.8, 4) is 33.4 Å². The number of rotatable bonds is 15. The highest BCUT2D eigenvalue weighted by Crippen LogP contribution is 2.44. The third kappa shape index (κ3) is 11.0. The Morgan fingerprint density at radius 3 is 0.705 bits per heavy atom. The molecule has 14 aromatic carbocycles. The van der Waals surface area contributed by atoms with E-state index in [0.717, 1.165) is 102 Å². The van der Waals surface area contributed by atoms with Crippen LogP contribution in [0.15, 0.2) is 328 Å². The van der Waals surface area contributed by atoms with Crippen molar-refractivity contribution >= 4 is 89.8 Å². The summed E-state index contributed by atoms with van der Waals surface area (Å²) in [7, 11) is 0. The van der Waals surface area contributed by atoms with E-state index in [1.807, 2.05) is 0 Å². The van der Waals surface area contributed by atoms with Crippen molar-refractivity contribution in [1.82, 2.24) is 0 Å².